The molecular formula is C16H21NO2S2. The van der Waals surface area contributed by atoms with E-state index in [1.54, 1.807) is 23.5 Å². The normalized spacial score (nSPS) is 12.0. The first-order valence-corrected chi connectivity index (χ1v) is 9.56. The van der Waals surface area contributed by atoms with Crippen molar-refractivity contribution < 1.29 is 8.42 Å². The maximum atomic E-state index is 12.4. The van der Waals surface area contributed by atoms with E-state index in [-0.39, 0.29) is 0 Å². The van der Waals surface area contributed by atoms with Crippen LogP contribution in [0.15, 0.2) is 46.0 Å². The average molecular weight is 323 g/mol. The predicted molar refractivity (Wildman–Crippen MR) is 88.3 cm³/mol. The van der Waals surface area contributed by atoms with Crippen LogP contribution in [0.5, 0.6) is 0 Å². The molecule has 0 N–H and O–H groups in total. The summed E-state index contributed by atoms with van der Waals surface area (Å²) in [5.41, 5.74) is 2.50. The fourth-order valence-corrected chi connectivity index (χ4v) is 4.43. The predicted octanol–water partition coefficient (Wildman–Crippen LogP) is 3.56. The molecule has 0 aliphatic carbocycles. The van der Waals surface area contributed by atoms with E-state index in [4.69, 9.17) is 0 Å². The van der Waals surface area contributed by atoms with E-state index in [0.29, 0.717) is 18.0 Å². The van der Waals surface area contributed by atoms with E-state index in [1.807, 2.05) is 26.0 Å². The Morgan fingerprint density at radius 3 is 2.10 bits per heavy atom. The van der Waals surface area contributed by atoms with Gasteiger partial charge in [0.25, 0.3) is 0 Å². The van der Waals surface area contributed by atoms with Gasteiger partial charge in [0.15, 0.2) is 0 Å². The second-order valence-corrected chi connectivity index (χ2v) is 7.58. The summed E-state index contributed by atoms with van der Waals surface area (Å²) in [6.07, 6.45) is 1.92. The molecule has 0 radical (unpaired) electrons. The molecule has 21 heavy (non-hydrogen) atoms. The quantitative estimate of drug-likeness (QED) is 0.781. The van der Waals surface area contributed by atoms with Gasteiger partial charge in [0.1, 0.15) is 0 Å². The zero-order valence-corrected chi connectivity index (χ0v) is 14.1. The first-order valence-electron chi connectivity index (χ1n) is 7.18. The number of sulfonamides is 1. The minimum absolute atomic E-state index is 0.380. The molecule has 0 saturated carbocycles. The highest BCUT2D eigenvalue weighted by Crippen LogP contribution is 2.17. The van der Waals surface area contributed by atoms with Crippen LogP contribution in [0.25, 0.3) is 0 Å². The Balaban J connectivity index is 2.08. The fraction of sp³-hybridized carbons (Fsp3) is 0.375. The lowest BCUT2D eigenvalue weighted by molar-refractivity contribution is 0.445. The van der Waals surface area contributed by atoms with Gasteiger partial charge >= 0.3 is 0 Å². The molecule has 5 heteroatoms. The van der Waals surface area contributed by atoms with Crippen molar-refractivity contribution in [3.63, 3.8) is 0 Å². The SMILES string of the molecule is CCN(CC)S(=O)(=O)c1ccc(CCc2ccsc2)cc1. The van der Waals surface area contributed by atoms with E-state index < -0.39 is 10.0 Å². The number of benzene rings is 1. The topological polar surface area (TPSA) is 37.4 Å². The molecule has 114 valence electrons. The summed E-state index contributed by atoms with van der Waals surface area (Å²) in [6.45, 7) is 4.71. The molecule has 0 atom stereocenters. The van der Waals surface area contributed by atoms with Crippen molar-refractivity contribution in [2.24, 2.45) is 0 Å². The summed E-state index contributed by atoms with van der Waals surface area (Å²) in [6, 6.07) is 9.41. The van der Waals surface area contributed by atoms with Crippen molar-refractivity contribution >= 4 is 21.4 Å². The lowest BCUT2D eigenvalue weighted by Gasteiger charge is -2.18. The summed E-state index contributed by atoms with van der Waals surface area (Å²) < 4.78 is 26.2. The van der Waals surface area contributed by atoms with Gasteiger partial charge in [0.05, 0.1) is 4.90 Å². The van der Waals surface area contributed by atoms with Gasteiger partial charge in [0, 0.05) is 13.1 Å². The number of hydrogen-bond donors (Lipinski definition) is 0. The highest BCUT2D eigenvalue weighted by Gasteiger charge is 2.20. The third kappa shape index (κ3) is 3.93. The summed E-state index contributed by atoms with van der Waals surface area (Å²) in [5.74, 6) is 0. The van der Waals surface area contributed by atoms with Crippen LogP contribution in [0, 0.1) is 0 Å². The van der Waals surface area contributed by atoms with Crippen LogP contribution in [0.1, 0.15) is 25.0 Å². The zero-order chi connectivity index (χ0) is 15.3. The number of aryl methyl sites for hydroxylation is 2. The number of rotatable bonds is 7. The van der Waals surface area contributed by atoms with Crippen molar-refractivity contribution in [2.45, 2.75) is 31.6 Å². The lowest BCUT2D eigenvalue weighted by Crippen LogP contribution is -2.30. The van der Waals surface area contributed by atoms with Crippen LogP contribution in [-0.2, 0) is 22.9 Å². The smallest absolute Gasteiger partial charge is 0.207 e. The maximum absolute atomic E-state index is 12.4. The Labute approximate surface area is 131 Å². The van der Waals surface area contributed by atoms with Gasteiger partial charge in [-0.1, -0.05) is 26.0 Å². The molecule has 1 aromatic heterocycles. The first kappa shape index (κ1) is 16.2. The van der Waals surface area contributed by atoms with Crippen molar-refractivity contribution in [1.29, 1.82) is 0 Å². The minimum atomic E-state index is -3.34. The van der Waals surface area contributed by atoms with Crippen LogP contribution in [0.2, 0.25) is 0 Å². The maximum Gasteiger partial charge on any atom is 0.243 e. The lowest BCUT2D eigenvalue weighted by atomic mass is 10.1. The Morgan fingerprint density at radius 2 is 1.57 bits per heavy atom. The van der Waals surface area contributed by atoms with Gasteiger partial charge in [-0.3, -0.25) is 0 Å². The van der Waals surface area contributed by atoms with Crippen LogP contribution in [0.4, 0.5) is 0 Å². The van der Waals surface area contributed by atoms with Gasteiger partial charge in [-0.25, -0.2) is 8.42 Å². The molecule has 0 aliphatic heterocycles. The van der Waals surface area contributed by atoms with Crippen LogP contribution in [0.3, 0.4) is 0 Å². The van der Waals surface area contributed by atoms with Gasteiger partial charge in [-0.05, 0) is 52.9 Å². The monoisotopic (exact) mass is 323 g/mol. The third-order valence-electron chi connectivity index (χ3n) is 3.55. The van der Waals surface area contributed by atoms with Crippen molar-refractivity contribution in [3.05, 3.63) is 52.2 Å². The molecular weight excluding hydrogens is 302 g/mol. The van der Waals surface area contributed by atoms with Crippen LogP contribution >= 0.6 is 11.3 Å². The standard InChI is InChI=1S/C16H21NO2S2/c1-3-17(4-2)21(18,19)16-9-7-14(8-10-16)5-6-15-11-12-20-13-15/h7-13H,3-6H2,1-2H3. The molecule has 0 bridgehead atoms. The molecule has 0 amide bonds. The van der Waals surface area contributed by atoms with Gasteiger partial charge in [-0.15, -0.1) is 0 Å². The van der Waals surface area contributed by atoms with E-state index in [9.17, 15) is 8.42 Å². The highest BCUT2D eigenvalue weighted by molar-refractivity contribution is 7.89. The van der Waals surface area contributed by atoms with Gasteiger partial charge in [0.2, 0.25) is 10.0 Å². The van der Waals surface area contributed by atoms with E-state index in [1.165, 1.54) is 15.4 Å². The second-order valence-electron chi connectivity index (χ2n) is 4.86. The van der Waals surface area contributed by atoms with E-state index >= 15 is 0 Å². The molecule has 0 fully saturated rings. The van der Waals surface area contributed by atoms with Crippen molar-refractivity contribution in [3.8, 4) is 0 Å². The molecule has 1 aromatic carbocycles. The molecule has 1 heterocycles. The number of hydrogen-bond acceptors (Lipinski definition) is 3. The molecule has 2 rings (SSSR count). The Morgan fingerprint density at radius 1 is 0.952 bits per heavy atom. The summed E-state index contributed by atoms with van der Waals surface area (Å²) >= 11 is 1.70. The number of thiophene rings is 1. The van der Waals surface area contributed by atoms with Crippen LogP contribution in [-0.4, -0.2) is 25.8 Å². The molecule has 3 nitrogen and oxygen atoms in total. The number of nitrogens with zero attached hydrogens (tertiary/aromatic N) is 1. The highest BCUT2D eigenvalue weighted by atomic mass is 32.2. The van der Waals surface area contributed by atoms with Crippen LogP contribution < -0.4 is 0 Å². The summed E-state index contributed by atoms with van der Waals surface area (Å²) in [7, 11) is -3.34. The Hall–Kier alpha value is -1.17. The van der Waals surface area contributed by atoms with E-state index in [2.05, 4.69) is 16.8 Å². The third-order valence-corrected chi connectivity index (χ3v) is 6.35. The minimum Gasteiger partial charge on any atom is -0.207 e. The van der Waals surface area contributed by atoms with Gasteiger partial charge < -0.3 is 0 Å². The molecule has 0 unspecified atom stereocenters. The average Bonchev–Trinajstić information content (AvgIpc) is 3.00. The fourth-order valence-electron chi connectivity index (χ4n) is 2.26. The summed E-state index contributed by atoms with van der Waals surface area (Å²) in [4.78, 5) is 0.380. The molecule has 2 aromatic rings. The Kier molecular flexibility index (Phi) is 5.56. The van der Waals surface area contributed by atoms with Gasteiger partial charge in [-0.2, -0.15) is 15.6 Å². The summed E-state index contributed by atoms with van der Waals surface area (Å²) in [5, 5.41) is 4.23. The Bertz CT molecular complexity index is 642. The molecule has 0 saturated heterocycles. The largest absolute Gasteiger partial charge is 0.243 e. The molecule has 0 aliphatic rings. The zero-order valence-electron chi connectivity index (χ0n) is 12.5. The van der Waals surface area contributed by atoms with Crippen molar-refractivity contribution in [1.82, 2.24) is 4.31 Å². The molecule has 0 spiro atoms. The van der Waals surface area contributed by atoms with E-state index in [0.717, 1.165) is 12.8 Å². The van der Waals surface area contributed by atoms with Crippen molar-refractivity contribution in [2.75, 3.05) is 13.1 Å². The second kappa shape index (κ2) is 7.20. The first-order chi connectivity index (χ1) is 10.1.